The number of benzene rings is 2. The molecule has 0 amide bonds. The van der Waals surface area contributed by atoms with Gasteiger partial charge in [0.25, 0.3) is 0 Å². The third kappa shape index (κ3) is 2.25. The number of phenols is 2. The lowest BCUT2D eigenvalue weighted by Gasteiger charge is -2.37. The molecule has 2 aromatic rings. The summed E-state index contributed by atoms with van der Waals surface area (Å²) in [7, 11) is 4.64. The molecule has 0 saturated heterocycles. The quantitative estimate of drug-likeness (QED) is 0.882. The molecule has 0 bridgehead atoms. The second-order valence-electron chi connectivity index (χ2n) is 6.37. The van der Waals surface area contributed by atoms with Crippen LogP contribution in [-0.2, 0) is 13.0 Å². The maximum Gasteiger partial charge on any atom is 0.203 e. The number of nitrogens with zero attached hydrogens (tertiary/aromatic N) is 1. The number of hydrogen-bond donors (Lipinski definition) is 2. The Hall–Kier alpha value is -3.02. The SMILES string of the molecule is COc1cc2c(c(O)c1OC)CCN1Cc3c(ccc(O)c3OC)C=C21. The predicted octanol–water partition coefficient (Wildman–Crippen LogP) is 2.99. The smallest absolute Gasteiger partial charge is 0.203 e. The van der Waals surface area contributed by atoms with Crippen LogP contribution < -0.4 is 14.2 Å². The van der Waals surface area contributed by atoms with Crippen LogP contribution in [0.5, 0.6) is 28.7 Å². The van der Waals surface area contributed by atoms with Crippen LogP contribution in [0.25, 0.3) is 11.8 Å². The van der Waals surface area contributed by atoms with Crippen molar-refractivity contribution in [3.63, 3.8) is 0 Å². The molecule has 4 rings (SSSR count). The van der Waals surface area contributed by atoms with Gasteiger partial charge in [0.1, 0.15) is 0 Å². The van der Waals surface area contributed by atoms with Crippen molar-refractivity contribution in [2.45, 2.75) is 13.0 Å². The predicted molar refractivity (Wildman–Crippen MR) is 97.9 cm³/mol. The molecule has 2 aliphatic heterocycles. The number of rotatable bonds is 3. The summed E-state index contributed by atoms with van der Waals surface area (Å²) in [5.74, 6) is 1.66. The van der Waals surface area contributed by atoms with Gasteiger partial charge in [0, 0.05) is 35.5 Å². The van der Waals surface area contributed by atoms with Gasteiger partial charge in [0.15, 0.2) is 23.0 Å². The zero-order valence-electron chi connectivity index (χ0n) is 15.0. The van der Waals surface area contributed by atoms with Crippen LogP contribution in [0.15, 0.2) is 18.2 Å². The highest BCUT2D eigenvalue weighted by molar-refractivity contribution is 5.88. The third-order valence-electron chi connectivity index (χ3n) is 5.12. The Kier molecular flexibility index (Phi) is 3.83. The second-order valence-corrected chi connectivity index (χ2v) is 6.37. The lowest BCUT2D eigenvalue weighted by Crippen LogP contribution is -2.31. The van der Waals surface area contributed by atoms with Crippen LogP contribution >= 0.6 is 0 Å². The molecule has 2 aliphatic rings. The van der Waals surface area contributed by atoms with E-state index in [1.165, 1.54) is 7.11 Å². The number of methoxy groups -OCH3 is 3. The fourth-order valence-corrected chi connectivity index (χ4v) is 3.86. The van der Waals surface area contributed by atoms with Gasteiger partial charge in [-0.1, -0.05) is 6.07 Å². The summed E-state index contributed by atoms with van der Waals surface area (Å²) < 4.78 is 16.1. The van der Waals surface area contributed by atoms with Crippen LogP contribution in [0.2, 0.25) is 0 Å². The molecule has 2 aromatic carbocycles. The van der Waals surface area contributed by atoms with Gasteiger partial charge in [0.2, 0.25) is 5.75 Å². The largest absolute Gasteiger partial charge is 0.504 e. The van der Waals surface area contributed by atoms with Crippen molar-refractivity contribution in [2.75, 3.05) is 27.9 Å². The first-order valence-electron chi connectivity index (χ1n) is 8.41. The number of aromatic hydroxyl groups is 2. The summed E-state index contributed by atoms with van der Waals surface area (Å²) >= 11 is 0. The highest BCUT2D eigenvalue weighted by atomic mass is 16.5. The zero-order chi connectivity index (χ0) is 18.4. The number of ether oxygens (including phenoxy) is 3. The van der Waals surface area contributed by atoms with Crippen LogP contribution in [-0.4, -0.2) is 43.0 Å². The van der Waals surface area contributed by atoms with Gasteiger partial charge in [-0.3, -0.25) is 0 Å². The van der Waals surface area contributed by atoms with Gasteiger partial charge in [0.05, 0.1) is 21.3 Å². The molecule has 2 heterocycles. The molecule has 0 fully saturated rings. The number of fused-ring (bicyclic) bond motifs is 4. The second kappa shape index (κ2) is 6.05. The molecule has 26 heavy (non-hydrogen) atoms. The standard InChI is InChI=1S/C20H21NO5/c1-24-17-9-13-12(18(23)20(17)26-3)6-7-21-10-14-11(8-15(13)21)4-5-16(22)19(14)25-2/h4-5,8-9,22-23H,6-7,10H2,1-3H3. The molecular weight excluding hydrogens is 334 g/mol. The molecule has 0 spiro atoms. The first kappa shape index (κ1) is 16.4. The Bertz CT molecular complexity index is 919. The normalized spacial score (nSPS) is 14.7. The monoisotopic (exact) mass is 355 g/mol. The minimum atomic E-state index is 0.136. The Morgan fingerprint density at radius 3 is 2.42 bits per heavy atom. The molecule has 0 aromatic heterocycles. The van der Waals surface area contributed by atoms with E-state index in [-0.39, 0.29) is 11.5 Å². The first-order chi connectivity index (χ1) is 12.6. The van der Waals surface area contributed by atoms with E-state index in [1.807, 2.05) is 12.1 Å². The van der Waals surface area contributed by atoms with Gasteiger partial charge >= 0.3 is 0 Å². The summed E-state index contributed by atoms with van der Waals surface area (Å²) in [6, 6.07) is 5.43. The summed E-state index contributed by atoms with van der Waals surface area (Å²) in [5, 5.41) is 20.7. The van der Waals surface area contributed by atoms with E-state index in [0.717, 1.165) is 34.5 Å². The van der Waals surface area contributed by atoms with Crippen LogP contribution in [0.3, 0.4) is 0 Å². The van der Waals surface area contributed by atoms with Crippen LogP contribution in [0.1, 0.15) is 22.3 Å². The van der Waals surface area contributed by atoms with Crippen LogP contribution in [0, 0.1) is 0 Å². The van der Waals surface area contributed by atoms with E-state index in [0.29, 0.717) is 30.2 Å². The van der Waals surface area contributed by atoms with Gasteiger partial charge in [-0.25, -0.2) is 0 Å². The highest BCUT2D eigenvalue weighted by Gasteiger charge is 2.31. The van der Waals surface area contributed by atoms with E-state index in [1.54, 1.807) is 20.3 Å². The lowest BCUT2D eigenvalue weighted by molar-refractivity contribution is 0.322. The molecule has 0 unspecified atom stereocenters. The molecular formula is C20H21NO5. The van der Waals surface area contributed by atoms with E-state index in [9.17, 15) is 10.2 Å². The van der Waals surface area contributed by atoms with Gasteiger partial charge < -0.3 is 29.3 Å². The van der Waals surface area contributed by atoms with Gasteiger partial charge in [-0.2, -0.15) is 0 Å². The van der Waals surface area contributed by atoms with Gasteiger partial charge in [-0.15, -0.1) is 0 Å². The Morgan fingerprint density at radius 2 is 1.73 bits per heavy atom. The average Bonchev–Trinajstić information content (AvgIpc) is 2.66. The van der Waals surface area contributed by atoms with E-state index < -0.39 is 0 Å². The van der Waals surface area contributed by atoms with Crippen molar-refractivity contribution < 1.29 is 24.4 Å². The molecule has 136 valence electrons. The van der Waals surface area contributed by atoms with Crippen molar-refractivity contribution >= 4 is 11.8 Å². The molecule has 6 heteroatoms. The summed E-state index contributed by atoms with van der Waals surface area (Å²) in [4.78, 5) is 2.22. The summed E-state index contributed by atoms with van der Waals surface area (Å²) in [6.45, 7) is 1.38. The van der Waals surface area contributed by atoms with E-state index >= 15 is 0 Å². The average molecular weight is 355 g/mol. The van der Waals surface area contributed by atoms with Crippen molar-refractivity contribution in [3.05, 3.63) is 40.5 Å². The topological polar surface area (TPSA) is 71.4 Å². The maximum absolute atomic E-state index is 10.6. The fourth-order valence-electron chi connectivity index (χ4n) is 3.86. The van der Waals surface area contributed by atoms with Crippen molar-refractivity contribution in [3.8, 4) is 28.7 Å². The van der Waals surface area contributed by atoms with E-state index in [4.69, 9.17) is 14.2 Å². The molecule has 0 radical (unpaired) electrons. The minimum Gasteiger partial charge on any atom is -0.504 e. The Labute approximate surface area is 151 Å². The Balaban J connectivity index is 1.92. The molecule has 0 atom stereocenters. The molecule has 0 saturated carbocycles. The summed E-state index contributed by atoms with van der Waals surface area (Å²) in [5.41, 5.74) is 4.77. The van der Waals surface area contributed by atoms with E-state index in [2.05, 4.69) is 11.0 Å². The van der Waals surface area contributed by atoms with Crippen molar-refractivity contribution in [2.24, 2.45) is 0 Å². The number of hydrogen-bond acceptors (Lipinski definition) is 6. The number of phenolic OH excluding ortho intramolecular Hbond substituents is 2. The fraction of sp³-hybridized carbons (Fsp3) is 0.300. The lowest BCUT2D eigenvalue weighted by atomic mass is 9.89. The third-order valence-corrected chi connectivity index (χ3v) is 5.12. The highest BCUT2D eigenvalue weighted by Crippen LogP contribution is 2.48. The Morgan fingerprint density at radius 1 is 0.962 bits per heavy atom. The van der Waals surface area contributed by atoms with Crippen molar-refractivity contribution in [1.29, 1.82) is 0 Å². The van der Waals surface area contributed by atoms with Crippen molar-refractivity contribution in [1.82, 2.24) is 4.90 Å². The molecule has 0 aliphatic carbocycles. The first-order valence-corrected chi connectivity index (χ1v) is 8.41. The summed E-state index contributed by atoms with van der Waals surface area (Å²) in [6.07, 6.45) is 2.75. The molecule has 2 N–H and O–H groups in total. The maximum atomic E-state index is 10.6. The zero-order valence-corrected chi connectivity index (χ0v) is 15.0. The van der Waals surface area contributed by atoms with Crippen LogP contribution in [0.4, 0.5) is 0 Å². The molecule has 6 nitrogen and oxygen atoms in total. The minimum absolute atomic E-state index is 0.136. The van der Waals surface area contributed by atoms with Gasteiger partial charge in [-0.05, 0) is 30.2 Å².